The third-order valence-electron chi connectivity index (χ3n) is 2.09. The Labute approximate surface area is 108 Å². The Kier molecular flexibility index (Phi) is 5.98. The number of carbonyl (C=O) groups is 1. The first-order valence-electron chi connectivity index (χ1n) is 5.72. The van der Waals surface area contributed by atoms with Crippen LogP contribution in [-0.4, -0.2) is 5.91 Å². The molecule has 2 heteroatoms. The van der Waals surface area contributed by atoms with Crippen LogP contribution in [0.3, 0.4) is 0 Å². The van der Waals surface area contributed by atoms with Gasteiger partial charge >= 0.3 is 0 Å². The second kappa shape index (κ2) is 7.85. The van der Waals surface area contributed by atoms with E-state index in [1.54, 1.807) is 6.92 Å². The monoisotopic (exact) mass is 239 g/mol. The van der Waals surface area contributed by atoms with Gasteiger partial charge in [0.05, 0.1) is 0 Å². The van der Waals surface area contributed by atoms with Crippen molar-refractivity contribution in [2.75, 3.05) is 5.32 Å². The molecule has 92 valence electrons. The highest BCUT2D eigenvalue weighted by molar-refractivity contribution is 6.02. The van der Waals surface area contributed by atoms with Gasteiger partial charge in [-0.25, -0.2) is 0 Å². The number of hydrogen-bond donors (Lipinski definition) is 1. The van der Waals surface area contributed by atoms with Gasteiger partial charge < -0.3 is 5.32 Å². The van der Waals surface area contributed by atoms with Gasteiger partial charge in [0.25, 0.3) is 5.91 Å². The summed E-state index contributed by atoms with van der Waals surface area (Å²) in [5.74, 6) is -0.138. The van der Waals surface area contributed by atoms with Crippen molar-refractivity contribution in [1.29, 1.82) is 0 Å². The third-order valence-corrected chi connectivity index (χ3v) is 2.09. The molecule has 2 aromatic carbocycles. The highest BCUT2D eigenvalue weighted by Crippen LogP contribution is 2.05. The summed E-state index contributed by atoms with van der Waals surface area (Å²) < 4.78 is 0. The Morgan fingerprint density at radius 1 is 0.889 bits per heavy atom. The van der Waals surface area contributed by atoms with Gasteiger partial charge in [0.1, 0.15) is 0 Å². The quantitative estimate of drug-likeness (QED) is 0.791. The molecule has 0 aliphatic carbocycles. The van der Waals surface area contributed by atoms with Crippen LogP contribution in [0.2, 0.25) is 0 Å². The predicted octanol–water partition coefficient (Wildman–Crippen LogP) is 3.89. The standard InChI is InChI=1S/C10H11NO.C6H6/c1-8(2)10(12)11-9-6-4-3-5-7-9;1-2-4-6-5-3-1/h3-7H,1H2,2H3,(H,11,12);1-6H. The zero-order chi connectivity index (χ0) is 13.2. The first kappa shape index (κ1) is 13.7. The Morgan fingerprint density at radius 2 is 1.28 bits per heavy atom. The molecule has 0 saturated carbocycles. The molecule has 0 atom stereocenters. The largest absolute Gasteiger partial charge is 0.322 e. The van der Waals surface area contributed by atoms with Crippen molar-refractivity contribution in [1.82, 2.24) is 0 Å². The lowest BCUT2D eigenvalue weighted by Gasteiger charge is -2.02. The number of rotatable bonds is 2. The van der Waals surface area contributed by atoms with Crippen LogP contribution in [0.1, 0.15) is 6.92 Å². The van der Waals surface area contributed by atoms with Crippen molar-refractivity contribution < 1.29 is 4.79 Å². The fourth-order valence-corrected chi connectivity index (χ4v) is 1.14. The molecular weight excluding hydrogens is 222 g/mol. The molecule has 1 N–H and O–H groups in total. The van der Waals surface area contributed by atoms with E-state index in [4.69, 9.17) is 0 Å². The summed E-state index contributed by atoms with van der Waals surface area (Å²) in [5.41, 5.74) is 1.31. The number of para-hydroxylation sites is 1. The van der Waals surface area contributed by atoms with E-state index in [-0.39, 0.29) is 5.91 Å². The van der Waals surface area contributed by atoms with Gasteiger partial charge in [-0.05, 0) is 19.1 Å². The van der Waals surface area contributed by atoms with Gasteiger partial charge in [-0.3, -0.25) is 4.79 Å². The molecule has 2 nitrogen and oxygen atoms in total. The highest BCUT2D eigenvalue weighted by atomic mass is 16.1. The molecule has 0 radical (unpaired) electrons. The topological polar surface area (TPSA) is 29.1 Å². The van der Waals surface area contributed by atoms with E-state index in [2.05, 4.69) is 11.9 Å². The molecule has 18 heavy (non-hydrogen) atoms. The third kappa shape index (κ3) is 5.66. The van der Waals surface area contributed by atoms with Crippen LogP contribution >= 0.6 is 0 Å². The minimum absolute atomic E-state index is 0.138. The number of amides is 1. The molecule has 0 spiro atoms. The SMILES string of the molecule is C=C(C)C(=O)Nc1ccccc1.c1ccccc1. The van der Waals surface area contributed by atoms with Crippen LogP contribution in [0.5, 0.6) is 0 Å². The number of benzene rings is 2. The summed E-state index contributed by atoms with van der Waals surface area (Å²) in [6.45, 7) is 5.22. The van der Waals surface area contributed by atoms with E-state index in [0.717, 1.165) is 5.69 Å². The fourth-order valence-electron chi connectivity index (χ4n) is 1.14. The number of anilines is 1. The minimum atomic E-state index is -0.138. The Bertz CT molecular complexity index is 450. The van der Waals surface area contributed by atoms with Gasteiger partial charge in [0, 0.05) is 11.3 Å². The lowest BCUT2D eigenvalue weighted by molar-refractivity contribution is -0.112. The van der Waals surface area contributed by atoms with E-state index in [1.165, 1.54) is 0 Å². The normalized spacial score (nSPS) is 8.72. The van der Waals surface area contributed by atoms with Crippen LogP contribution in [0, 0.1) is 0 Å². The summed E-state index contributed by atoms with van der Waals surface area (Å²) in [7, 11) is 0. The predicted molar refractivity (Wildman–Crippen MR) is 76.3 cm³/mol. The Balaban J connectivity index is 0.000000225. The molecule has 1 amide bonds. The molecule has 0 bridgehead atoms. The molecule has 0 fully saturated rings. The van der Waals surface area contributed by atoms with Crippen molar-refractivity contribution in [3.05, 3.63) is 78.9 Å². The molecule has 0 heterocycles. The number of nitrogens with one attached hydrogen (secondary N) is 1. The smallest absolute Gasteiger partial charge is 0.250 e. The maximum absolute atomic E-state index is 11.1. The van der Waals surface area contributed by atoms with Crippen LogP contribution in [-0.2, 0) is 4.79 Å². The lowest BCUT2D eigenvalue weighted by atomic mass is 10.3. The molecule has 2 rings (SSSR count). The Hall–Kier alpha value is -2.35. The van der Waals surface area contributed by atoms with Crippen LogP contribution < -0.4 is 5.32 Å². The molecule has 0 aliphatic heterocycles. The molecule has 2 aromatic rings. The average Bonchev–Trinajstić information content (AvgIpc) is 2.42. The summed E-state index contributed by atoms with van der Waals surface area (Å²) in [6.07, 6.45) is 0. The second-order valence-corrected chi connectivity index (χ2v) is 3.76. The molecular formula is C16H17NO. The first-order valence-corrected chi connectivity index (χ1v) is 5.72. The Morgan fingerprint density at radius 3 is 1.67 bits per heavy atom. The van der Waals surface area contributed by atoms with Crippen LogP contribution in [0.15, 0.2) is 78.9 Å². The van der Waals surface area contributed by atoms with E-state index < -0.39 is 0 Å². The van der Waals surface area contributed by atoms with E-state index >= 15 is 0 Å². The molecule has 0 unspecified atom stereocenters. The highest BCUT2D eigenvalue weighted by Gasteiger charge is 2.00. The first-order chi connectivity index (χ1) is 8.70. The van der Waals surface area contributed by atoms with Crippen molar-refractivity contribution in [2.24, 2.45) is 0 Å². The fraction of sp³-hybridized carbons (Fsp3) is 0.0625. The molecule has 0 aromatic heterocycles. The van der Waals surface area contributed by atoms with E-state index in [1.807, 2.05) is 66.7 Å². The van der Waals surface area contributed by atoms with Crippen molar-refractivity contribution >= 4 is 11.6 Å². The van der Waals surface area contributed by atoms with Gasteiger partial charge in [-0.2, -0.15) is 0 Å². The van der Waals surface area contributed by atoms with Crippen molar-refractivity contribution in [2.45, 2.75) is 6.92 Å². The van der Waals surface area contributed by atoms with Crippen molar-refractivity contribution in [3.63, 3.8) is 0 Å². The maximum Gasteiger partial charge on any atom is 0.250 e. The van der Waals surface area contributed by atoms with Crippen LogP contribution in [0.25, 0.3) is 0 Å². The second-order valence-electron chi connectivity index (χ2n) is 3.76. The van der Waals surface area contributed by atoms with E-state index in [9.17, 15) is 4.79 Å². The van der Waals surface area contributed by atoms with Crippen molar-refractivity contribution in [3.8, 4) is 0 Å². The zero-order valence-corrected chi connectivity index (χ0v) is 10.5. The molecule has 0 saturated heterocycles. The zero-order valence-electron chi connectivity index (χ0n) is 10.5. The number of carbonyl (C=O) groups excluding carboxylic acids is 1. The average molecular weight is 239 g/mol. The van der Waals surface area contributed by atoms with Gasteiger partial charge in [-0.15, -0.1) is 0 Å². The van der Waals surface area contributed by atoms with Gasteiger partial charge in [0.15, 0.2) is 0 Å². The minimum Gasteiger partial charge on any atom is -0.322 e. The summed E-state index contributed by atoms with van der Waals surface area (Å²) in [5, 5.41) is 2.70. The number of hydrogen-bond acceptors (Lipinski definition) is 1. The van der Waals surface area contributed by atoms with Crippen LogP contribution in [0.4, 0.5) is 5.69 Å². The van der Waals surface area contributed by atoms with Gasteiger partial charge in [-0.1, -0.05) is 61.2 Å². The maximum atomic E-state index is 11.1. The molecule has 0 aliphatic rings. The summed E-state index contributed by atoms with van der Waals surface area (Å²) >= 11 is 0. The summed E-state index contributed by atoms with van der Waals surface area (Å²) in [6, 6.07) is 21.3. The van der Waals surface area contributed by atoms with Gasteiger partial charge in [0.2, 0.25) is 0 Å². The lowest BCUT2D eigenvalue weighted by Crippen LogP contribution is -2.11. The van der Waals surface area contributed by atoms with E-state index in [0.29, 0.717) is 5.57 Å². The summed E-state index contributed by atoms with van der Waals surface area (Å²) in [4.78, 5) is 11.1.